The molecule has 0 saturated carbocycles. The van der Waals surface area contributed by atoms with Crippen LogP contribution >= 0.6 is 11.8 Å². The van der Waals surface area contributed by atoms with Crippen LogP contribution in [0.1, 0.15) is 17.0 Å². The van der Waals surface area contributed by atoms with Crippen LogP contribution in [0.5, 0.6) is 0 Å². The van der Waals surface area contributed by atoms with Crippen LogP contribution < -0.4 is 10.9 Å². The van der Waals surface area contributed by atoms with Crippen LogP contribution in [-0.2, 0) is 10.5 Å². The Labute approximate surface area is 142 Å². The van der Waals surface area contributed by atoms with E-state index < -0.39 is 0 Å². The van der Waals surface area contributed by atoms with Crippen molar-refractivity contribution in [2.24, 2.45) is 0 Å². The van der Waals surface area contributed by atoms with Crippen molar-refractivity contribution in [1.82, 2.24) is 9.56 Å². The average molecular weight is 343 g/mol. The van der Waals surface area contributed by atoms with Gasteiger partial charge in [0.25, 0.3) is 5.56 Å². The minimum atomic E-state index is -0.257. The zero-order valence-electron chi connectivity index (χ0n) is 13.4. The molecule has 0 bridgehead atoms. The number of aromatic nitrogens is 2. The quantitative estimate of drug-likeness (QED) is 0.771. The Bertz CT molecular complexity index is 946. The van der Waals surface area contributed by atoms with Crippen molar-refractivity contribution < 1.29 is 9.32 Å². The molecule has 0 spiro atoms. The molecule has 0 saturated heterocycles. The Hall–Kier alpha value is -2.54. The van der Waals surface area contributed by atoms with Crippen LogP contribution in [0.15, 0.2) is 45.7 Å². The Morgan fingerprint density at radius 1 is 1.29 bits per heavy atom. The zero-order valence-corrected chi connectivity index (χ0v) is 14.2. The van der Waals surface area contributed by atoms with Crippen LogP contribution in [0.2, 0.25) is 0 Å². The summed E-state index contributed by atoms with van der Waals surface area (Å²) in [6, 6.07) is 10.8. The number of fused-ring (bicyclic) bond motifs is 1. The highest BCUT2D eigenvalue weighted by atomic mass is 32.2. The molecular formula is C17H17N3O3S. The van der Waals surface area contributed by atoms with E-state index in [1.165, 1.54) is 17.8 Å². The zero-order chi connectivity index (χ0) is 17.1. The van der Waals surface area contributed by atoms with Crippen molar-refractivity contribution >= 4 is 29.0 Å². The summed E-state index contributed by atoms with van der Waals surface area (Å²) in [4.78, 5) is 28.3. The van der Waals surface area contributed by atoms with Crippen molar-refractivity contribution in [3.8, 4) is 0 Å². The molecule has 0 radical (unpaired) electrons. The van der Waals surface area contributed by atoms with Gasteiger partial charge in [0.05, 0.1) is 11.4 Å². The highest BCUT2D eigenvalue weighted by molar-refractivity contribution is 7.99. The van der Waals surface area contributed by atoms with Crippen LogP contribution in [0.4, 0.5) is 5.69 Å². The van der Waals surface area contributed by atoms with Crippen molar-refractivity contribution in [2.45, 2.75) is 19.6 Å². The first-order chi connectivity index (χ1) is 11.5. The van der Waals surface area contributed by atoms with E-state index in [0.717, 1.165) is 15.8 Å². The number of hydrogen-bond donors (Lipinski definition) is 1. The predicted molar refractivity (Wildman–Crippen MR) is 94.4 cm³/mol. The van der Waals surface area contributed by atoms with Gasteiger partial charge in [-0.15, -0.1) is 16.3 Å². The van der Waals surface area contributed by atoms with Crippen molar-refractivity contribution in [2.75, 3.05) is 11.1 Å². The number of nitrogens with one attached hydrogen (secondary N) is 1. The predicted octanol–water partition coefficient (Wildman–Crippen LogP) is 2.78. The molecule has 0 aliphatic heterocycles. The monoisotopic (exact) mass is 343 g/mol. The smallest absolute Gasteiger partial charge is 0.287 e. The molecule has 3 aromatic rings. The van der Waals surface area contributed by atoms with E-state index in [0.29, 0.717) is 28.6 Å². The summed E-state index contributed by atoms with van der Waals surface area (Å²) in [6.07, 6.45) is 0. The van der Waals surface area contributed by atoms with Gasteiger partial charge in [0.1, 0.15) is 5.76 Å². The lowest BCUT2D eigenvalue weighted by Gasteiger charge is -2.06. The van der Waals surface area contributed by atoms with Crippen LogP contribution in [0.25, 0.3) is 5.65 Å². The Kier molecular flexibility index (Phi) is 4.71. The van der Waals surface area contributed by atoms with E-state index in [-0.39, 0.29) is 11.5 Å². The summed E-state index contributed by atoms with van der Waals surface area (Å²) in [5.74, 6) is 1.32. The second-order valence-electron chi connectivity index (χ2n) is 5.50. The van der Waals surface area contributed by atoms with Gasteiger partial charge in [0.15, 0.2) is 5.65 Å². The molecule has 7 heteroatoms. The van der Waals surface area contributed by atoms with Crippen molar-refractivity contribution in [1.29, 1.82) is 0 Å². The van der Waals surface area contributed by atoms with Crippen LogP contribution in [0, 0.1) is 13.8 Å². The number of nitrogens with zero attached hydrogens (tertiary/aromatic N) is 2. The number of benzene rings is 1. The van der Waals surface area contributed by atoms with Gasteiger partial charge in [-0.2, -0.15) is 0 Å². The van der Waals surface area contributed by atoms with Crippen LogP contribution in [0.3, 0.4) is 0 Å². The minimum absolute atomic E-state index is 0.0810. The lowest BCUT2D eigenvalue weighted by Crippen LogP contribution is -2.15. The van der Waals surface area contributed by atoms with Gasteiger partial charge in [-0.05, 0) is 31.5 Å². The molecule has 0 fully saturated rings. The summed E-state index contributed by atoms with van der Waals surface area (Å²) in [5.41, 5.74) is 2.74. The molecule has 0 unspecified atom stereocenters. The Balaban J connectivity index is 1.58. The molecule has 0 atom stereocenters. The summed E-state index contributed by atoms with van der Waals surface area (Å²) in [5, 5.41) is 2.85. The Morgan fingerprint density at radius 3 is 2.92 bits per heavy atom. The summed E-state index contributed by atoms with van der Waals surface area (Å²) in [6.45, 7) is 3.74. The molecule has 3 rings (SSSR count). The van der Waals surface area contributed by atoms with E-state index in [2.05, 4.69) is 10.3 Å². The molecular weight excluding hydrogens is 326 g/mol. The lowest BCUT2D eigenvalue weighted by molar-refractivity contribution is -0.113. The molecule has 0 aliphatic carbocycles. The first kappa shape index (κ1) is 16.3. The van der Waals surface area contributed by atoms with Gasteiger partial charge in [-0.25, -0.2) is 4.98 Å². The van der Waals surface area contributed by atoms with E-state index in [1.54, 1.807) is 13.0 Å². The molecule has 1 N–H and O–H groups in total. The summed E-state index contributed by atoms with van der Waals surface area (Å²) >= 11 is 1.41. The number of rotatable bonds is 5. The molecule has 124 valence electrons. The van der Waals surface area contributed by atoms with E-state index >= 15 is 0 Å². The van der Waals surface area contributed by atoms with Crippen molar-refractivity contribution in [3.05, 3.63) is 63.8 Å². The number of hydrogen-bond acceptors (Lipinski definition) is 5. The minimum Gasteiger partial charge on any atom is -0.375 e. The Morgan fingerprint density at radius 2 is 2.12 bits per heavy atom. The highest BCUT2D eigenvalue weighted by Gasteiger charge is 2.08. The third-order valence-corrected chi connectivity index (χ3v) is 4.28. The summed E-state index contributed by atoms with van der Waals surface area (Å²) in [7, 11) is 0. The highest BCUT2D eigenvalue weighted by Crippen LogP contribution is 2.13. The molecule has 6 nitrogen and oxygen atoms in total. The molecule has 2 aromatic heterocycles. The molecule has 0 aliphatic rings. The maximum Gasteiger partial charge on any atom is 0.287 e. The van der Waals surface area contributed by atoms with Crippen LogP contribution in [-0.4, -0.2) is 21.2 Å². The first-order valence-electron chi connectivity index (χ1n) is 7.45. The van der Waals surface area contributed by atoms with Gasteiger partial charge >= 0.3 is 0 Å². The van der Waals surface area contributed by atoms with E-state index in [1.807, 2.05) is 31.2 Å². The maximum atomic E-state index is 12.0. The third-order valence-electron chi connectivity index (χ3n) is 3.31. The fraction of sp³-hybridized carbons (Fsp3) is 0.235. The topological polar surface area (TPSA) is 76.6 Å². The fourth-order valence-electron chi connectivity index (χ4n) is 2.32. The standard InChI is InChI=1S/C17H17N3O3S/c1-11-4-3-5-13(6-11)19-16(21)10-24-9-14-8-17(22)20-15(18-14)7-12(2)23-20/h3-8H,9-10H2,1-2H3,(H,19,21). The van der Waals surface area contributed by atoms with Gasteiger partial charge < -0.3 is 9.84 Å². The largest absolute Gasteiger partial charge is 0.375 e. The third kappa shape index (κ3) is 3.86. The number of amides is 1. The number of carbonyl (C=O) groups is 1. The fourth-order valence-corrected chi connectivity index (χ4v) is 3.03. The number of anilines is 1. The number of thioether (sulfide) groups is 1. The average Bonchev–Trinajstić information content (AvgIpc) is 2.88. The second-order valence-corrected chi connectivity index (χ2v) is 6.48. The van der Waals surface area contributed by atoms with Gasteiger partial charge in [-0.3, -0.25) is 9.59 Å². The molecule has 2 heterocycles. The second kappa shape index (κ2) is 6.92. The van der Waals surface area contributed by atoms with Gasteiger partial charge in [0.2, 0.25) is 5.91 Å². The number of aryl methyl sites for hydroxylation is 2. The SMILES string of the molecule is Cc1cccc(NC(=O)CSCc2cc(=O)n3oc(C)cc3n2)c1. The van der Waals surface area contributed by atoms with Gasteiger partial charge in [0, 0.05) is 23.6 Å². The molecule has 24 heavy (non-hydrogen) atoms. The lowest BCUT2D eigenvalue weighted by atomic mass is 10.2. The molecule has 1 amide bonds. The normalized spacial score (nSPS) is 10.9. The number of carbonyl (C=O) groups excluding carboxylic acids is 1. The maximum absolute atomic E-state index is 12.0. The first-order valence-corrected chi connectivity index (χ1v) is 8.60. The van der Waals surface area contributed by atoms with E-state index in [4.69, 9.17) is 4.52 Å². The van der Waals surface area contributed by atoms with Gasteiger partial charge in [-0.1, -0.05) is 12.1 Å². The van der Waals surface area contributed by atoms with E-state index in [9.17, 15) is 9.59 Å². The van der Waals surface area contributed by atoms with Crippen molar-refractivity contribution in [3.63, 3.8) is 0 Å². The summed E-state index contributed by atoms with van der Waals surface area (Å²) < 4.78 is 6.40. The molecule has 1 aromatic carbocycles.